The fraction of sp³-hybridized carbons (Fsp3) is 0.550. The minimum absolute atomic E-state index is 0.441. The largest absolute Gasteiger partial charge is 0.257 e. The van der Waals surface area contributed by atoms with E-state index in [9.17, 15) is 0 Å². The van der Waals surface area contributed by atoms with Crippen molar-refractivity contribution in [3.8, 4) is 11.3 Å². The van der Waals surface area contributed by atoms with E-state index in [1.807, 2.05) is 0 Å². The van der Waals surface area contributed by atoms with Gasteiger partial charge >= 0.3 is 0 Å². The number of rotatable bonds is 5. The second-order valence-electron chi connectivity index (χ2n) is 7.03. The first-order valence-corrected chi connectivity index (χ1v) is 8.67. The lowest BCUT2D eigenvalue weighted by atomic mass is 10.0. The Hall–Kier alpha value is -1.77. The lowest BCUT2D eigenvalue weighted by Gasteiger charge is -2.15. The molecule has 0 aliphatic heterocycles. The predicted octanol–water partition coefficient (Wildman–Crippen LogP) is 5.04. The summed E-state index contributed by atoms with van der Waals surface area (Å²) in [6.07, 6.45) is 1.88. The smallest absolute Gasteiger partial charge is 0.0936 e. The summed E-state index contributed by atoms with van der Waals surface area (Å²) in [5.41, 5.74) is 7.52. The maximum Gasteiger partial charge on any atom is 0.0936 e. The molecule has 0 aliphatic carbocycles. The van der Waals surface area contributed by atoms with E-state index >= 15 is 0 Å². The number of hydrogen-bond acceptors (Lipinski definition) is 3. The first-order valence-electron chi connectivity index (χ1n) is 8.67. The third kappa shape index (κ3) is 3.95. The van der Waals surface area contributed by atoms with Crippen molar-refractivity contribution in [2.75, 3.05) is 0 Å². The average molecular weight is 311 g/mol. The lowest BCUT2D eigenvalue weighted by molar-refractivity contribution is 0.627. The Kier molecular flexibility index (Phi) is 5.51. The van der Waals surface area contributed by atoms with Crippen molar-refractivity contribution in [3.05, 3.63) is 40.6 Å². The fourth-order valence-electron chi connectivity index (χ4n) is 2.81. The van der Waals surface area contributed by atoms with Crippen LogP contribution in [0.2, 0.25) is 0 Å². The van der Waals surface area contributed by atoms with E-state index in [0.29, 0.717) is 11.8 Å². The summed E-state index contributed by atoms with van der Waals surface area (Å²) in [4.78, 5) is 14.5. The third-order valence-corrected chi connectivity index (χ3v) is 4.12. The van der Waals surface area contributed by atoms with Gasteiger partial charge in [0.2, 0.25) is 0 Å². The van der Waals surface area contributed by atoms with Crippen molar-refractivity contribution in [1.29, 1.82) is 0 Å². The molecule has 0 radical (unpaired) electrons. The summed E-state index contributed by atoms with van der Waals surface area (Å²) < 4.78 is 0. The summed E-state index contributed by atoms with van der Waals surface area (Å²) in [6.45, 7) is 15.1. The Morgan fingerprint density at radius 2 is 1.57 bits per heavy atom. The van der Waals surface area contributed by atoms with Crippen LogP contribution in [0.1, 0.15) is 69.0 Å². The number of hydrogen-bond donors (Lipinski definition) is 0. The molecular formula is C20H29N3. The maximum absolute atomic E-state index is 4.88. The zero-order chi connectivity index (χ0) is 17.1. The quantitative estimate of drug-likeness (QED) is 0.776. The minimum Gasteiger partial charge on any atom is -0.257 e. The third-order valence-electron chi connectivity index (χ3n) is 4.12. The second-order valence-corrected chi connectivity index (χ2v) is 7.03. The molecule has 0 aromatic carbocycles. The van der Waals surface area contributed by atoms with Gasteiger partial charge in [-0.1, -0.05) is 34.6 Å². The summed E-state index contributed by atoms with van der Waals surface area (Å²) in [6, 6.07) is 4.29. The highest BCUT2D eigenvalue weighted by atomic mass is 14.8. The standard InChI is InChI=1S/C20H29N3/c1-8-17-16(9-10-18(23-17)13(4)5)20-15(7)21-19(11-12(2)3)14(6)22-20/h9-10,12-13H,8,11H2,1-7H3. The summed E-state index contributed by atoms with van der Waals surface area (Å²) in [5, 5.41) is 0. The minimum atomic E-state index is 0.441. The molecule has 3 nitrogen and oxygen atoms in total. The summed E-state index contributed by atoms with van der Waals surface area (Å²) in [7, 11) is 0. The first kappa shape index (κ1) is 17.6. The van der Waals surface area contributed by atoms with E-state index in [-0.39, 0.29) is 0 Å². The van der Waals surface area contributed by atoms with Gasteiger partial charge in [0.25, 0.3) is 0 Å². The molecule has 0 bridgehead atoms. The molecule has 2 aromatic rings. The van der Waals surface area contributed by atoms with Crippen molar-refractivity contribution in [2.45, 2.75) is 67.2 Å². The van der Waals surface area contributed by atoms with E-state index in [1.54, 1.807) is 0 Å². The van der Waals surface area contributed by atoms with E-state index in [4.69, 9.17) is 15.0 Å². The van der Waals surface area contributed by atoms with Crippen LogP contribution in [0.5, 0.6) is 0 Å². The van der Waals surface area contributed by atoms with E-state index in [0.717, 1.165) is 52.6 Å². The average Bonchev–Trinajstić information content (AvgIpc) is 2.49. The molecule has 0 amide bonds. The fourth-order valence-corrected chi connectivity index (χ4v) is 2.81. The molecule has 23 heavy (non-hydrogen) atoms. The first-order chi connectivity index (χ1) is 10.8. The van der Waals surface area contributed by atoms with Crippen LogP contribution in [0.25, 0.3) is 11.3 Å². The molecule has 0 saturated heterocycles. The van der Waals surface area contributed by atoms with Gasteiger partial charge in [-0.3, -0.25) is 9.97 Å². The van der Waals surface area contributed by atoms with Gasteiger partial charge in [0.05, 0.1) is 22.8 Å². The zero-order valence-electron chi connectivity index (χ0n) is 15.6. The normalized spacial score (nSPS) is 11.5. The monoisotopic (exact) mass is 311 g/mol. The molecular weight excluding hydrogens is 282 g/mol. The molecule has 0 spiro atoms. The molecule has 0 aliphatic rings. The van der Waals surface area contributed by atoms with Crippen molar-refractivity contribution in [2.24, 2.45) is 5.92 Å². The topological polar surface area (TPSA) is 38.7 Å². The van der Waals surface area contributed by atoms with Crippen LogP contribution in [-0.2, 0) is 12.8 Å². The molecule has 0 atom stereocenters. The van der Waals surface area contributed by atoms with Crippen LogP contribution in [0, 0.1) is 19.8 Å². The molecule has 2 heterocycles. The Labute approximate surface area is 140 Å². The molecule has 2 rings (SSSR count). The van der Waals surface area contributed by atoms with Crippen LogP contribution in [0.4, 0.5) is 0 Å². The van der Waals surface area contributed by atoms with Gasteiger partial charge < -0.3 is 0 Å². The van der Waals surface area contributed by atoms with Gasteiger partial charge in [-0.05, 0) is 50.7 Å². The molecule has 0 saturated carbocycles. The van der Waals surface area contributed by atoms with Crippen LogP contribution in [0.3, 0.4) is 0 Å². The molecule has 124 valence electrons. The Morgan fingerprint density at radius 3 is 2.13 bits per heavy atom. The molecule has 3 heteroatoms. The predicted molar refractivity (Wildman–Crippen MR) is 96.7 cm³/mol. The summed E-state index contributed by atoms with van der Waals surface area (Å²) in [5.74, 6) is 1.03. The van der Waals surface area contributed by atoms with Gasteiger partial charge in [-0.15, -0.1) is 0 Å². The van der Waals surface area contributed by atoms with Gasteiger partial charge in [0, 0.05) is 17.0 Å². The van der Waals surface area contributed by atoms with Crippen LogP contribution in [-0.4, -0.2) is 15.0 Å². The van der Waals surface area contributed by atoms with Crippen LogP contribution >= 0.6 is 0 Å². The molecule has 2 aromatic heterocycles. The number of pyridine rings is 1. The number of nitrogens with zero attached hydrogens (tertiary/aromatic N) is 3. The second kappa shape index (κ2) is 7.20. The Balaban J connectivity index is 2.52. The van der Waals surface area contributed by atoms with E-state index in [2.05, 4.69) is 60.6 Å². The van der Waals surface area contributed by atoms with E-state index < -0.39 is 0 Å². The van der Waals surface area contributed by atoms with Crippen molar-refractivity contribution < 1.29 is 0 Å². The maximum atomic E-state index is 4.88. The van der Waals surface area contributed by atoms with Gasteiger partial charge in [-0.2, -0.15) is 0 Å². The highest BCUT2D eigenvalue weighted by Crippen LogP contribution is 2.27. The lowest BCUT2D eigenvalue weighted by Crippen LogP contribution is -2.07. The van der Waals surface area contributed by atoms with Crippen molar-refractivity contribution in [3.63, 3.8) is 0 Å². The SMILES string of the molecule is CCc1nc(C(C)C)ccc1-c1nc(C)c(CC(C)C)nc1C. The Morgan fingerprint density at radius 1 is 0.870 bits per heavy atom. The molecule has 0 fully saturated rings. The van der Waals surface area contributed by atoms with E-state index in [1.165, 1.54) is 0 Å². The van der Waals surface area contributed by atoms with Gasteiger partial charge in [0.1, 0.15) is 0 Å². The van der Waals surface area contributed by atoms with Gasteiger partial charge in [-0.25, -0.2) is 4.98 Å². The molecule has 0 unspecified atom stereocenters. The Bertz CT molecular complexity index is 688. The van der Waals surface area contributed by atoms with Crippen LogP contribution in [0.15, 0.2) is 12.1 Å². The highest BCUT2D eigenvalue weighted by Gasteiger charge is 2.15. The highest BCUT2D eigenvalue weighted by molar-refractivity contribution is 5.64. The van der Waals surface area contributed by atoms with Crippen LogP contribution < -0.4 is 0 Å². The number of aromatic nitrogens is 3. The molecule has 0 N–H and O–H groups in total. The van der Waals surface area contributed by atoms with Crippen molar-refractivity contribution >= 4 is 0 Å². The summed E-state index contributed by atoms with van der Waals surface area (Å²) >= 11 is 0. The number of aryl methyl sites for hydroxylation is 3. The van der Waals surface area contributed by atoms with Gasteiger partial charge in [0.15, 0.2) is 0 Å². The zero-order valence-corrected chi connectivity index (χ0v) is 15.6. The van der Waals surface area contributed by atoms with Crippen molar-refractivity contribution in [1.82, 2.24) is 15.0 Å².